The number of urea groups is 1. The van der Waals surface area contributed by atoms with Crippen LogP contribution in [0.5, 0.6) is 5.75 Å². The van der Waals surface area contributed by atoms with Crippen molar-refractivity contribution >= 4 is 17.7 Å². The average molecular weight is 420 g/mol. The molecule has 0 bridgehead atoms. The van der Waals surface area contributed by atoms with Crippen molar-refractivity contribution < 1.29 is 37.0 Å². The third-order valence-electron chi connectivity index (χ3n) is 3.03. The molecule has 1 unspecified atom stereocenters. The first-order valence-corrected chi connectivity index (χ1v) is 8.84. The lowest BCUT2D eigenvalue weighted by molar-refractivity contribution is -0.274. The Bertz CT molecular complexity index is 692. The molecule has 2 amide bonds. The highest BCUT2D eigenvalue weighted by atomic mass is 19.4. The first-order chi connectivity index (χ1) is 13.0. The Kier molecular flexibility index (Phi) is 7.90. The quantitative estimate of drug-likeness (QED) is 0.673. The SMILES string of the molecule is CC(C)(C)OCC(NC(=O)Nc1ccc(OC(F)(F)F)cc1)C(=O)OC(C)(C)C. The Balaban J connectivity index is 2.76. The normalized spacial score (nSPS) is 13.4. The van der Waals surface area contributed by atoms with E-state index in [-0.39, 0.29) is 12.3 Å². The molecule has 0 aromatic heterocycles. The minimum Gasteiger partial charge on any atom is -0.458 e. The second kappa shape index (κ2) is 9.34. The number of esters is 1. The van der Waals surface area contributed by atoms with E-state index in [1.165, 1.54) is 12.1 Å². The van der Waals surface area contributed by atoms with Crippen molar-refractivity contribution in [1.82, 2.24) is 5.32 Å². The predicted octanol–water partition coefficient (Wildman–Crippen LogP) is 4.23. The van der Waals surface area contributed by atoms with Gasteiger partial charge in [0.1, 0.15) is 11.4 Å². The molecule has 0 aliphatic rings. The fraction of sp³-hybridized carbons (Fsp3) is 0.579. The number of carbonyl (C=O) groups excluding carboxylic acids is 2. The molecule has 0 saturated heterocycles. The van der Waals surface area contributed by atoms with Crippen LogP contribution in [-0.2, 0) is 14.3 Å². The number of hydrogen-bond donors (Lipinski definition) is 2. The number of alkyl halides is 3. The highest BCUT2D eigenvalue weighted by Gasteiger charge is 2.31. The Labute approximate surface area is 167 Å². The van der Waals surface area contributed by atoms with Crippen molar-refractivity contribution in [2.45, 2.75) is 65.1 Å². The molecule has 0 radical (unpaired) electrons. The lowest BCUT2D eigenvalue weighted by atomic mass is 10.1. The zero-order chi connectivity index (χ0) is 22.5. The molecular formula is C19H27F3N2O5. The molecule has 10 heteroatoms. The molecule has 29 heavy (non-hydrogen) atoms. The summed E-state index contributed by atoms with van der Waals surface area (Å²) in [5.41, 5.74) is -1.10. The van der Waals surface area contributed by atoms with Crippen molar-refractivity contribution in [1.29, 1.82) is 0 Å². The van der Waals surface area contributed by atoms with E-state index in [0.29, 0.717) is 0 Å². The van der Waals surface area contributed by atoms with Crippen LogP contribution in [0.4, 0.5) is 23.7 Å². The second-order valence-electron chi connectivity index (χ2n) is 8.18. The van der Waals surface area contributed by atoms with Gasteiger partial charge in [0.15, 0.2) is 6.04 Å². The van der Waals surface area contributed by atoms with Crippen molar-refractivity contribution in [3.05, 3.63) is 24.3 Å². The maximum atomic E-state index is 12.4. The molecule has 0 heterocycles. The standard InChI is InChI=1S/C19H27F3N2O5/c1-17(2,3)27-11-14(15(25)29-18(4,5)6)24-16(26)23-12-7-9-13(10-8-12)28-19(20,21)22/h7-10,14H,11H2,1-6H3,(H2,23,24,26). The summed E-state index contributed by atoms with van der Waals surface area (Å²) in [6.45, 7) is 10.3. The van der Waals surface area contributed by atoms with Gasteiger partial charge in [-0.1, -0.05) is 0 Å². The predicted molar refractivity (Wildman–Crippen MR) is 101 cm³/mol. The second-order valence-corrected chi connectivity index (χ2v) is 8.18. The Hall–Kier alpha value is -2.49. The van der Waals surface area contributed by atoms with Crippen LogP contribution in [0.3, 0.4) is 0 Å². The summed E-state index contributed by atoms with van der Waals surface area (Å²) >= 11 is 0. The minimum atomic E-state index is -4.81. The van der Waals surface area contributed by atoms with Gasteiger partial charge < -0.3 is 24.8 Å². The maximum Gasteiger partial charge on any atom is 0.573 e. The lowest BCUT2D eigenvalue weighted by Crippen LogP contribution is -2.49. The van der Waals surface area contributed by atoms with Crippen LogP contribution in [-0.4, -0.2) is 42.2 Å². The number of nitrogens with one attached hydrogen (secondary N) is 2. The zero-order valence-electron chi connectivity index (χ0n) is 17.3. The fourth-order valence-electron chi connectivity index (χ4n) is 1.94. The largest absolute Gasteiger partial charge is 0.573 e. The van der Waals surface area contributed by atoms with E-state index in [0.717, 1.165) is 12.1 Å². The number of ether oxygens (including phenoxy) is 3. The van der Waals surface area contributed by atoms with Gasteiger partial charge in [-0.25, -0.2) is 9.59 Å². The van der Waals surface area contributed by atoms with Crippen LogP contribution in [0.1, 0.15) is 41.5 Å². The summed E-state index contributed by atoms with van der Waals surface area (Å²) in [5.74, 6) is -1.10. The van der Waals surface area contributed by atoms with Crippen molar-refractivity contribution in [3.8, 4) is 5.75 Å². The number of anilines is 1. The third-order valence-corrected chi connectivity index (χ3v) is 3.03. The summed E-state index contributed by atoms with van der Waals surface area (Å²) in [6, 6.07) is 2.74. The summed E-state index contributed by atoms with van der Waals surface area (Å²) in [5, 5.41) is 4.88. The average Bonchev–Trinajstić information content (AvgIpc) is 2.49. The maximum absolute atomic E-state index is 12.4. The molecule has 0 fully saturated rings. The van der Waals surface area contributed by atoms with Gasteiger partial charge in [-0.05, 0) is 65.8 Å². The highest BCUT2D eigenvalue weighted by Crippen LogP contribution is 2.24. The highest BCUT2D eigenvalue weighted by molar-refractivity contribution is 5.92. The molecule has 1 atom stereocenters. The summed E-state index contributed by atoms with van der Waals surface area (Å²) in [4.78, 5) is 24.6. The number of rotatable bonds is 6. The molecule has 0 aliphatic heterocycles. The van der Waals surface area contributed by atoms with Gasteiger partial charge >= 0.3 is 18.4 Å². The summed E-state index contributed by atoms with van der Waals surface area (Å²) in [6.07, 6.45) is -4.81. The molecule has 0 aliphatic carbocycles. The molecule has 1 aromatic rings. The topological polar surface area (TPSA) is 85.9 Å². The summed E-state index contributed by atoms with van der Waals surface area (Å²) in [7, 11) is 0. The Morgan fingerprint density at radius 1 is 0.966 bits per heavy atom. The Morgan fingerprint density at radius 2 is 1.52 bits per heavy atom. The number of hydrogen-bond acceptors (Lipinski definition) is 5. The van der Waals surface area contributed by atoms with Crippen LogP contribution in [0.2, 0.25) is 0 Å². The Morgan fingerprint density at radius 3 is 1.97 bits per heavy atom. The molecular weight excluding hydrogens is 393 g/mol. The monoisotopic (exact) mass is 420 g/mol. The number of amides is 2. The molecule has 7 nitrogen and oxygen atoms in total. The van der Waals surface area contributed by atoms with E-state index in [9.17, 15) is 22.8 Å². The zero-order valence-corrected chi connectivity index (χ0v) is 17.3. The van der Waals surface area contributed by atoms with Gasteiger partial charge in [0.2, 0.25) is 0 Å². The first kappa shape index (κ1) is 24.5. The van der Waals surface area contributed by atoms with E-state index < -0.39 is 41.4 Å². The number of halogens is 3. The van der Waals surface area contributed by atoms with Crippen molar-refractivity contribution in [2.75, 3.05) is 11.9 Å². The van der Waals surface area contributed by atoms with E-state index in [1.807, 2.05) is 0 Å². The van der Waals surface area contributed by atoms with Crippen molar-refractivity contribution in [2.24, 2.45) is 0 Å². The van der Waals surface area contributed by atoms with Crippen LogP contribution in [0.15, 0.2) is 24.3 Å². The van der Waals surface area contributed by atoms with Gasteiger partial charge in [-0.15, -0.1) is 13.2 Å². The van der Waals surface area contributed by atoms with Gasteiger partial charge in [0, 0.05) is 5.69 Å². The van der Waals surface area contributed by atoms with Crippen molar-refractivity contribution in [3.63, 3.8) is 0 Å². The van der Waals surface area contributed by atoms with Gasteiger partial charge in [-0.3, -0.25) is 0 Å². The molecule has 0 saturated carbocycles. The van der Waals surface area contributed by atoms with Gasteiger partial charge in [0.05, 0.1) is 12.2 Å². The van der Waals surface area contributed by atoms with E-state index >= 15 is 0 Å². The molecule has 0 spiro atoms. The minimum absolute atomic E-state index is 0.121. The number of carbonyl (C=O) groups is 2. The van der Waals surface area contributed by atoms with E-state index in [4.69, 9.17) is 9.47 Å². The molecule has 1 rings (SSSR count). The molecule has 1 aromatic carbocycles. The van der Waals surface area contributed by atoms with Crippen LogP contribution in [0.25, 0.3) is 0 Å². The van der Waals surface area contributed by atoms with Gasteiger partial charge in [0.25, 0.3) is 0 Å². The molecule has 2 N–H and O–H groups in total. The van der Waals surface area contributed by atoms with Crippen LogP contribution < -0.4 is 15.4 Å². The van der Waals surface area contributed by atoms with Crippen LogP contribution >= 0.6 is 0 Å². The van der Waals surface area contributed by atoms with E-state index in [2.05, 4.69) is 15.4 Å². The number of benzene rings is 1. The van der Waals surface area contributed by atoms with Gasteiger partial charge in [-0.2, -0.15) is 0 Å². The smallest absolute Gasteiger partial charge is 0.458 e. The third kappa shape index (κ3) is 11.2. The lowest BCUT2D eigenvalue weighted by Gasteiger charge is -2.27. The molecule has 164 valence electrons. The fourth-order valence-corrected chi connectivity index (χ4v) is 1.94. The summed E-state index contributed by atoms with van der Waals surface area (Å²) < 4.78 is 51.2. The first-order valence-electron chi connectivity index (χ1n) is 8.84. The van der Waals surface area contributed by atoms with Crippen LogP contribution in [0, 0.1) is 0 Å². The van der Waals surface area contributed by atoms with E-state index in [1.54, 1.807) is 41.5 Å².